The molecule has 0 fully saturated rings. The van der Waals surface area contributed by atoms with E-state index in [9.17, 15) is 5.11 Å². The minimum absolute atomic E-state index is 0.0708. The number of methoxy groups -OCH3 is 1. The summed E-state index contributed by atoms with van der Waals surface area (Å²) in [5.41, 5.74) is 6.72. The van der Waals surface area contributed by atoms with E-state index in [4.69, 9.17) is 31.5 Å². The van der Waals surface area contributed by atoms with Gasteiger partial charge in [-0.3, -0.25) is 0 Å². The zero-order chi connectivity index (χ0) is 15.8. The van der Waals surface area contributed by atoms with Crippen LogP contribution in [0.1, 0.15) is 25.5 Å². The van der Waals surface area contributed by atoms with Crippen LogP contribution in [-0.4, -0.2) is 44.2 Å². The number of hydrogen-bond acceptors (Lipinski definition) is 5. The fourth-order valence-electron chi connectivity index (χ4n) is 1.71. The highest BCUT2D eigenvalue weighted by Gasteiger charge is 2.11. The molecule has 120 valence electrons. The molecule has 1 aromatic rings. The first-order valence-electron chi connectivity index (χ1n) is 6.90. The van der Waals surface area contributed by atoms with Gasteiger partial charge in [0.05, 0.1) is 24.3 Å². The van der Waals surface area contributed by atoms with Crippen LogP contribution in [0.25, 0.3) is 0 Å². The zero-order valence-electron chi connectivity index (χ0n) is 12.7. The van der Waals surface area contributed by atoms with Gasteiger partial charge >= 0.3 is 0 Å². The summed E-state index contributed by atoms with van der Waals surface area (Å²) in [5, 5.41) is 10.3. The molecule has 3 N–H and O–H groups in total. The molecule has 0 saturated heterocycles. The SMILES string of the molecule is COCC(C)OCC(O)COc1ccc(C(C)N)cc1Cl. The van der Waals surface area contributed by atoms with Gasteiger partial charge in [0.15, 0.2) is 0 Å². The van der Waals surface area contributed by atoms with Crippen LogP contribution in [0.5, 0.6) is 5.75 Å². The molecule has 5 nitrogen and oxygen atoms in total. The Labute approximate surface area is 130 Å². The number of nitrogens with two attached hydrogens (primary N) is 1. The standard InChI is InChI=1S/C15H24ClNO4/c1-10(7-19-3)20-8-13(18)9-21-15-5-4-12(11(2)17)6-14(15)16/h4-6,10-11,13,18H,7-9,17H2,1-3H3. The lowest BCUT2D eigenvalue weighted by molar-refractivity contribution is -0.0422. The zero-order valence-corrected chi connectivity index (χ0v) is 13.5. The Bertz CT molecular complexity index is 428. The highest BCUT2D eigenvalue weighted by atomic mass is 35.5. The molecular formula is C15H24ClNO4. The van der Waals surface area contributed by atoms with E-state index >= 15 is 0 Å². The lowest BCUT2D eigenvalue weighted by Crippen LogP contribution is -2.27. The Morgan fingerprint density at radius 2 is 1.95 bits per heavy atom. The molecule has 0 heterocycles. The monoisotopic (exact) mass is 317 g/mol. The largest absolute Gasteiger partial charge is 0.489 e. The summed E-state index contributed by atoms with van der Waals surface area (Å²) < 4.78 is 15.8. The van der Waals surface area contributed by atoms with Crippen molar-refractivity contribution < 1.29 is 19.3 Å². The van der Waals surface area contributed by atoms with Gasteiger partial charge in [-0.2, -0.15) is 0 Å². The van der Waals surface area contributed by atoms with Gasteiger partial charge in [0, 0.05) is 13.2 Å². The van der Waals surface area contributed by atoms with Gasteiger partial charge in [-0.15, -0.1) is 0 Å². The van der Waals surface area contributed by atoms with Crippen molar-refractivity contribution in [3.05, 3.63) is 28.8 Å². The number of rotatable bonds is 9. The maximum Gasteiger partial charge on any atom is 0.138 e. The average molecular weight is 318 g/mol. The first-order valence-corrected chi connectivity index (χ1v) is 7.28. The number of aliphatic hydroxyl groups is 1. The van der Waals surface area contributed by atoms with Crippen molar-refractivity contribution in [2.45, 2.75) is 32.1 Å². The van der Waals surface area contributed by atoms with Crippen LogP contribution in [0.15, 0.2) is 18.2 Å². The minimum Gasteiger partial charge on any atom is -0.489 e. The minimum atomic E-state index is -0.728. The summed E-state index contributed by atoms with van der Waals surface area (Å²) in [6.07, 6.45) is -0.799. The van der Waals surface area contributed by atoms with Crippen LogP contribution < -0.4 is 10.5 Å². The molecular weight excluding hydrogens is 294 g/mol. The fourth-order valence-corrected chi connectivity index (χ4v) is 1.95. The first kappa shape index (κ1) is 18.2. The molecule has 6 heteroatoms. The molecule has 0 aliphatic heterocycles. The van der Waals surface area contributed by atoms with Crippen LogP contribution in [0.4, 0.5) is 0 Å². The molecule has 1 aromatic carbocycles. The molecule has 0 spiro atoms. The smallest absolute Gasteiger partial charge is 0.138 e. The molecule has 0 amide bonds. The maximum atomic E-state index is 9.81. The van der Waals surface area contributed by atoms with Crippen molar-refractivity contribution in [2.75, 3.05) is 26.9 Å². The van der Waals surface area contributed by atoms with Gasteiger partial charge in [-0.25, -0.2) is 0 Å². The number of halogens is 1. The summed E-state index contributed by atoms with van der Waals surface area (Å²) in [5.74, 6) is 0.519. The molecule has 3 atom stereocenters. The predicted molar refractivity (Wildman–Crippen MR) is 82.8 cm³/mol. The Morgan fingerprint density at radius 3 is 2.52 bits per heavy atom. The van der Waals surface area contributed by atoms with Crippen molar-refractivity contribution in [3.8, 4) is 5.75 Å². The third-order valence-corrected chi connectivity index (χ3v) is 3.18. The molecule has 21 heavy (non-hydrogen) atoms. The Morgan fingerprint density at radius 1 is 1.24 bits per heavy atom. The van der Waals surface area contributed by atoms with Crippen molar-refractivity contribution in [3.63, 3.8) is 0 Å². The second-order valence-corrected chi connectivity index (χ2v) is 5.45. The van der Waals surface area contributed by atoms with Gasteiger partial charge in [0.25, 0.3) is 0 Å². The summed E-state index contributed by atoms with van der Waals surface area (Å²) in [6, 6.07) is 5.29. The molecule has 0 bridgehead atoms. The van der Waals surface area contributed by atoms with E-state index in [0.29, 0.717) is 17.4 Å². The topological polar surface area (TPSA) is 73.9 Å². The van der Waals surface area contributed by atoms with Crippen molar-refractivity contribution in [1.29, 1.82) is 0 Å². The van der Waals surface area contributed by atoms with Crippen LogP contribution in [0, 0.1) is 0 Å². The highest BCUT2D eigenvalue weighted by molar-refractivity contribution is 6.32. The molecule has 1 rings (SSSR count). The molecule has 0 aliphatic rings. The Balaban J connectivity index is 2.41. The van der Waals surface area contributed by atoms with E-state index in [-0.39, 0.29) is 25.4 Å². The predicted octanol–water partition coefficient (Wildman–Crippen LogP) is 2.15. The van der Waals surface area contributed by atoms with Crippen molar-refractivity contribution in [1.82, 2.24) is 0 Å². The average Bonchev–Trinajstić information content (AvgIpc) is 2.44. The van der Waals surface area contributed by atoms with Crippen LogP contribution in [-0.2, 0) is 9.47 Å². The Hall–Kier alpha value is -0.850. The van der Waals surface area contributed by atoms with Crippen molar-refractivity contribution >= 4 is 11.6 Å². The van der Waals surface area contributed by atoms with Crippen LogP contribution in [0.3, 0.4) is 0 Å². The van der Waals surface area contributed by atoms with E-state index in [0.717, 1.165) is 5.56 Å². The molecule has 0 saturated carbocycles. The third kappa shape index (κ3) is 6.63. The van der Waals surface area contributed by atoms with Gasteiger partial charge in [0.1, 0.15) is 18.5 Å². The second kappa shape index (κ2) is 9.23. The van der Waals surface area contributed by atoms with E-state index in [1.54, 1.807) is 19.2 Å². The first-order chi connectivity index (χ1) is 9.93. The summed E-state index contributed by atoms with van der Waals surface area (Å²) in [4.78, 5) is 0. The number of aliphatic hydroxyl groups excluding tert-OH is 1. The number of benzene rings is 1. The summed E-state index contributed by atoms with van der Waals surface area (Å²) >= 11 is 6.12. The molecule has 0 radical (unpaired) electrons. The van der Waals surface area contributed by atoms with Crippen LogP contribution >= 0.6 is 11.6 Å². The third-order valence-electron chi connectivity index (χ3n) is 2.89. The fraction of sp³-hybridized carbons (Fsp3) is 0.600. The van der Waals surface area contributed by atoms with Gasteiger partial charge < -0.3 is 25.1 Å². The van der Waals surface area contributed by atoms with Gasteiger partial charge in [-0.1, -0.05) is 17.7 Å². The maximum absolute atomic E-state index is 9.81. The van der Waals surface area contributed by atoms with Gasteiger partial charge in [-0.05, 0) is 31.5 Å². The summed E-state index contributed by atoms with van der Waals surface area (Å²) in [7, 11) is 1.60. The van der Waals surface area contributed by atoms with E-state index in [2.05, 4.69) is 0 Å². The normalized spacial score (nSPS) is 15.5. The summed E-state index contributed by atoms with van der Waals surface area (Å²) in [6.45, 7) is 4.53. The Kier molecular flexibility index (Phi) is 8.00. The molecule has 0 aliphatic carbocycles. The second-order valence-electron chi connectivity index (χ2n) is 5.04. The highest BCUT2D eigenvalue weighted by Crippen LogP contribution is 2.27. The van der Waals surface area contributed by atoms with Gasteiger partial charge in [0.2, 0.25) is 0 Å². The number of hydrogen-bond donors (Lipinski definition) is 2. The van der Waals surface area contributed by atoms with E-state index in [1.165, 1.54) is 0 Å². The number of ether oxygens (including phenoxy) is 3. The molecule has 3 unspecified atom stereocenters. The quantitative estimate of drug-likeness (QED) is 0.730. The van der Waals surface area contributed by atoms with Crippen LogP contribution in [0.2, 0.25) is 5.02 Å². The lowest BCUT2D eigenvalue weighted by atomic mass is 10.1. The van der Waals surface area contributed by atoms with Crippen molar-refractivity contribution in [2.24, 2.45) is 5.73 Å². The molecule has 0 aromatic heterocycles. The lowest BCUT2D eigenvalue weighted by Gasteiger charge is -2.17. The van der Waals surface area contributed by atoms with E-state index < -0.39 is 6.10 Å². The van der Waals surface area contributed by atoms with E-state index in [1.807, 2.05) is 19.9 Å².